The fourth-order valence-corrected chi connectivity index (χ4v) is 18.7. The molecule has 1 saturated carbocycles. The zero-order chi connectivity index (χ0) is 86.5. The summed E-state index contributed by atoms with van der Waals surface area (Å²) in [7, 11) is 4.08. The Morgan fingerprint density at radius 3 is 1.12 bits per heavy atom. The lowest BCUT2D eigenvalue weighted by molar-refractivity contribution is 0.0656. The molecule has 0 radical (unpaired) electrons. The molecule has 124 heavy (non-hydrogen) atoms. The van der Waals surface area contributed by atoms with Crippen molar-refractivity contribution in [1.82, 2.24) is 78.0 Å². The van der Waals surface area contributed by atoms with Crippen molar-refractivity contribution < 1.29 is 33.1 Å². The van der Waals surface area contributed by atoms with E-state index in [2.05, 4.69) is 83.8 Å². The number of likely N-dealkylation sites (tertiary alicyclic amines) is 4. The average molecular weight is 1680 g/mol. The van der Waals surface area contributed by atoms with E-state index in [-0.39, 0.29) is 66.0 Å². The van der Waals surface area contributed by atoms with E-state index in [9.17, 15) is 33.1 Å². The van der Waals surface area contributed by atoms with Gasteiger partial charge in [0, 0.05) is 153 Å². The molecule has 0 spiro atoms. The second-order valence-electron chi connectivity index (χ2n) is 35.1. The fourth-order valence-electron chi connectivity index (χ4n) is 18.7. The first-order chi connectivity index (χ1) is 60.3. The quantitative estimate of drug-likeness (QED) is 0.101. The third kappa shape index (κ3) is 20.2. The molecule has 5 aliphatic heterocycles. The summed E-state index contributed by atoms with van der Waals surface area (Å²) in [6.07, 6.45) is 29.9. The van der Waals surface area contributed by atoms with Crippen LogP contribution in [0.1, 0.15) is 260 Å². The Labute approximate surface area is 727 Å². The number of carbonyl (C=O) groups excluding carboxylic acids is 4. The van der Waals surface area contributed by atoms with E-state index in [1.54, 1.807) is 40.9 Å². The fraction of sp³-hybridized carbons (Fsp3) is 0.475. The predicted octanol–water partition coefficient (Wildman–Crippen LogP) is 19.3. The van der Waals surface area contributed by atoms with Gasteiger partial charge in [0.2, 0.25) is 0 Å². The van der Waals surface area contributed by atoms with Crippen LogP contribution in [-0.4, -0.2) is 184 Å². The van der Waals surface area contributed by atoms with Crippen molar-refractivity contribution in [3.8, 4) is 45.0 Å². The number of fused-ring (bicyclic) bond motifs is 4. The van der Waals surface area contributed by atoms with Crippen molar-refractivity contribution in [3.05, 3.63) is 203 Å². The molecule has 18 rings (SSSR count). The Kier molecular flexibility index (Phi) is 28.6. The standard InChI is InChI=1S/C27H33FN4O.C26H34N6O.C23H27FN4O.C23H28N4O2/c1-19-10-4-3-9-15-31(19)27(33)25-17-21(16-20-11-5-2-6-12-20)32-26(29-25)18-24(30-32)22-13-7-8-14-23(22)28;1-19-9-5-4-6-16-31(19)26(33)23-18-25(30-14-7-8-15-30)32-24(27-23)17-22(28-32)20-10-12-21(13-11-20)29(2)3;1-3-17-14-21(23(29)27-13-9-5-4-6-10-16(27)2)25-22-15-20(26-28(17)22)18-11-7-8-12-19(18)24;1-3-19-13-21(23(29)26-12-6-4-5-7-16(26)2)24-22-14-20(25-27(19)22)18-10-8-17(15-28)9-11-18/h7-8,13-14,17-20H,2-6,9-12,15-16H2,1H3;10-13,17-19H,4-9,14-16H2,1-3H3;7-8,11-12,14-16H,3-6,9-10,13H2,1-2H3;8-11,13-14,16,28H,3-7,12,15H2,1-2H3. The minimum atomic E-state index is -0.320. The second kappa shape index (κ2) is 40.5. The van der Waals surface area contributed by atoms with Crippen LogP contribution in [0.4, 0.5) is 20.3 Å². The van der Waals surface area contributed by atoms with Gasteiger partial charge in [-0.3, -0.25) is 19.2 Å². The van der Waals surface area contributed by atoms with Gasteiger partial charge < -0.3 is 34.5 Å². The Morgan fingerprint density at radius 1 is 0.379 bits per heavy atom. The van der Waals surface area contributed by atoms with Gasteiger partial charge in [-0.1, -0.05) is 164 Å². The summed E-state index contributed by atoms with van der Waals surface area (Å²) in [5.74, 6) is 0.988. The molecule has 12 aromatic rings. The highest BCUT2D eigenvalue weighted by atomic mass is 19.1. The molecule has 23 nitrogen and oxygen atoms in total. The second-order valence-corrected chi connectivity index (χ2v) is 35.1. The molecule has 25 heteroatoms. The smallest absolute Gasteiger partial charge is 0.272 e. The van der Waals surface area contributed by atoms with Crippen LogP contribution >= 0.6 is 0 Å². The first-order valence-corrected chi connectivity index (χ1v) is 45.9. The van der Waals surface area contributed by atoms with Gasteiger partial charge in [0.05, 0.1) is 29.4 Å². The zero-order valence-corrected chi connectivity index (χ0v) is 73.7. The van der Waals surface area contributed by atoms with Crippen LogP contribution in [0.2, 0.25) is 0 Å². The Morgan fingerprint density at radius 2 is 0.710 bits per heavy atom. The highest BCUT2D eigenvalue weighted by Crippen LogP contribution is 2.35. The zero-order valence-electron chi connectivity index (χ0n) is 73.7. The molecule has 4 aromatic carbocycles. The van der Waals surface area contributed by atoms with Crippen molar-refractivity contribution in [2.24, 2.45) is 5.92 Å². The molecule has 4 amide bonds. The number of halogens is 2. The van der Waals surface area contributed by atoms with Gasteiger partial charge in [0.15, 0.2) is 22.6 Å². The number of aliphatic hydroxyl groups excluding tert-OH is 1. The van der Waals surface area contributed by atoms with Crippen molar-refractivity contribution in [2.45, 2.75) is 246 Å². The Bertz CT molecular complexity index is 5690. The molecule has 1 N–H and O–H groups in total. The SMILES string of the molecule is CC1CCCCCN1C(=O)c1cc(CC2CCCCC2)n2nc(-c3ccccc3F)cc2n1.CC1CCCCCN1C(=O)c1cc(N2CCCC2)n2nc(-c3ccc(N(C)C)cc3)cc2n1.CCc1cc(C(=O)N2CCCCCC2C)nc2cc(-c3ccc(CO)cc3)nn12.CCc1cc(C(=O)N2CCCCCCC2C)nc2cc(-c3ccccc3F)nn12. The van der Waals surface area contributed by atoms with Crippen molar-refractivity contribution in [3.63, 3.8) is 0 Å². The van der Waals surface area contributed by atoms with Gasteiger partial charge in [-0.15, -0.1) is 0 Å². The maximum Gasteiger partial charge on any atom is 0.272 e. The molecular formula is C99H122F2N18O5. The molecule has 4 unspecified atom stereocenters. The number of carbonyl (C=O) groups is 4. The summed E-state index contributed by atoms with van der Waals surface area (Å²) < 4.78 is 36.0. The van der Waals surface area contributed by atoms with Gasteiger partial charge in [0.1, 0.15) is 40.2 Å². The van der Waals surface area contributed by atoms with E-state index < -0.39 is 0 Å². The Balaban J connectivity index is 0.000000128. The molecule has 1 aliphatic carbocycles. The highest BCUT2D eigenvalue weighted by Gasteiger charge is 2.33. The molecule has 652 valence electrons. The van der Waals surface area contributed by atoms with Crippen LogP contribution in [0.25, 0.3) is 67.6 Å². The van der Waals surface area contributed by atoms with E-state index in [1.165, 1.54) is 89.2 Å². The normalized spacial score (nSPS) is 18.8. The van der Waals surface area contributed by atoms with Crippen LogP contribution in [0.5, 0.6) is 0 Å². The van der Waals surface area contributed by atoms with Crippen LogP contribution in [0.15, 0.2) is 146 Å². The Hall–Kier alpha value is -11.3. The molecule has 6 fully saturated rings. The number of hydrogen-bond acceptors (Lipinski definition) is 15. The number of anilines is 2. The lowest BCUT2D eigenvalue weighted by Gasteiger charge is -2.31. The first kappa shape index (κ1) is 87.6. The van der Waals surface area contributed by atoms with Gasteiger partial charge >= 0.3 is 0 Å². The number of aromatic nitrogens is 12. The maximum absolute atomic E-state index is 14.5. The average Bonchev–Trinajstić information content (AvgIpc) is 1.59. The van der Waals surface area contributed by atoms with Gasteiger partial charge in [-0.05, 0) is 177 Å². The van der Waals surface area contributed by atoms with Gasteiger partial charge in [0.25, 0.3) is 23.6 Å². The van der Waals surface area contributed by atoms with E-state index in [0.29, 0.717) is 74.6 Å². The summed E-state index contributed by atoms with van der Waals surface area (Å²) in [5.41, 5.74) is 15.1. The largest absolute Gasteiger partial charge is 0.392 e. The van der Waals surface area contributed by atoms with Crippen molar-refractivity contribution >= 4 is 57.7 Å². The van der Waals surface area contributed by atoms with Gasteiger partial charge in [-0.25, -0.2) is 42.3 Å². The molecular weight excluding hydrogens is 1560 g/mol. The lowest BCUT2D eigenvalue weighted by Crippen LogP contribution is -2.40. The van der Waals surface area contributed by atoms with Gasteiger partial charge in [-0.2, -0.15) is 24.9 Å². The van der Waals surface area contributed by atoms with Crippen molar-refractivity contribution in [1.29, 1.82) is 0 Å². The van der Waals surface area contributed by atoms with Crippen LogP contribution < -0.4 is 9.80 Å². The summed E-state index contributed by atoms with van der Waals surface area (Å²) in [6, 6.07) is 45.4. The molecule has 8 aromatic heterocycles. The topological polar surface area (TPSA) is 229 Å². The van der Waals surface area contributed by atoms with Crippen LogP contribution in [0, 0.1) is 17.6 Å². The van der Waals surface area contributed by atoms with Crippen LogP contribution in [0.3, 0.4) is 0 Å². The monoisotopic (exact) mass is 1680 g/mol. The predicted molar refractivity (Wildman–Crippen MR) is 485 cm³/mol. The summed E-state index contributed by atoms with van der Waals surface area (Å²) in [4.78, 5) is 84.9. The number of rotatable bonds is 15. The summed E-state index contributed by atoms with van der Waals surface area (Å²) in [6.45, 7) is 17.8. The summed E-state index contributed by atoms with van der Waals surface area (Å²) in [5, 5.41) is 28.2. The van der Waals surface area contributed by atoms with E-state index >= 15 is 0 Å². The summed E-state index contributed by atoms with van der Waals surface area (Å²) >= 11 is 0. The third-order valence-corrected chi connectivity index (χ3v) is 26.1. The number of aliphatic hydroxyl groups is 1. The van der Waals surface area contributed by atoms with E-state index in [4.69, 9.17) is 25.3 Å². The third-order valence-electron chi connectivity index (χ3n) is 26.1. The molecule has 13 heterocycles. The molecule has 4 atom stereocenters. The maximum atomic E-state index is 14.5. The molecule has 5 saturated heterocycles. The highest BCUT2D eigenvalue weighted by molar-refractivity contribution is 5.96. The van der Waals surface area contributed by atoms with E-state index in [1.807, 2.05) is 127 Å². The molecule has 0 bridgehead atoms. The lowest BCUT2D eigenvalue weighted by atomic mass is 9.86. The minimum Gasteiger partial charge on any atom is -0.392 e. The number of aryl methyl sites for hydroxylation is 2. The van der Waals surface area contributed by atoms with Crippen molar-refractivity contribution in [2.75, 3.05) is 63.2 Å². The van der Waals surface area contributed by atoms with E-state index in [0.717, 1.165) is 191 Å². The minimum absolute atomic E-state index is 0.00503. The first-order valence-electron chi connectivity index (χ1n) is 45.9. The van der Waals surface area contributed by atoms with Crippen LogP contribution in [-0.2, 0) is 25.9 Å². The number of benzene rings is 4. The number of amides is 4. The number of hydrogen-bond donors (Lipinski definition) is 1. The number of nitrogens with zero attached hydrogens (tertiary/aromatic N) is 18. The molecule has 6 aliphatic rings.